The van der Waals surface area contributed by atoms with E-state index in [4.69, 9.17) is 5.11 Å². The van der Waals surface area contributed by atoms with Crippen LogP contribution in [0.3, 0.4) is 0 Å². The minimum Gasteiger partial charge on any atom is -0.475 e. The summed E-state index contributed by atoms with van der Waals surface area (Å²) < 4.78 is 40.5. The van der Waals surface area contributed by atoms with Crippen LogP contribution in [0.2, 0.25) is 0 Å². The zero-order valence-electron chi connectivity index (χ0n) is 9.98. The quantitative estimate of drug-likeness (QED) is 0.877. The number of carbonyl (C=O) groups is 1. The van der Waals surface area contributed by atoms with E-state index < -0.39 is 29.2 Å². The van der Waals surface area contributed by atoms with Crippen molar-refractivity contribution in [3.63, 3.8) is 0 Å². The number of benzene rings is 1. The maximum atomic E-state index is 13.2. The molecule has 1 fully saturated rings. The van der Waals surface area contributed by atoms with Gasteiger partial charge in [0.15, 0.2) is 17.5 Å². The van der Waals surface area contributed by atoms with Gasteiger partial charge in [-0.1, -0.05) is 0 Å². The number of halogens is 3. The molecule has 8 heteroatoms. The average Bonchev–Trinajstić information content (AvgIpc) is 3.14. The van der Waals surface area contributed by atoms with Crippen LogP contribution in [-0.2, 0) is 0 Å². The zero-order chi connectivity index (χ0) is 14.4. The highest BCUT2D eigenvalue weighted by molar-refractivity contribution is 5.83. The topological polar surface area (TPSA) is 68.0 Å². The third-order valence-corrected chi connectivity index (χ3v) is 2.98. The van der Waals surface area contributed by atoms with Gasteiger partial charge in [-0.3, -0.25) is 0 Å². The molecule has 0 spiro atoms. The van der Waals surface area contributed by atoms with Crippen LogP contribution in [0, 0.1) is 17.5 Å². The van der Waals surface area contributed by atoms with Gasteiger partial charge in [0, 0.05) is 18.1 Å². The van der Waals surface area contributed by atoms with E-state index >= 15 is 0 Å². The molecule has 0 amide bonds. The minimum atomic E-state index is -1.58. The minimum absolute atomic E-state index is 0.00627. The molecule has 5 nitrogen and oxygen atoms in total. The van der Waals surface area contributed by atoms with Gasteiger partial charge in [0.25, 0.3) is 5.82 Å². The number of carboxylic acids is 1. The molecule has 0 unspecified atom stereocenters. The largest absolute Gasteiger partial charge is 0.475 e. The summed E-state index contributed by atoms with van der Waals surface area (Å²) in [6, 6.07) is 1.51. The third kappa shape index (κ3) is 2.02. The van der Waals surface area contributed by atoms with Crippen LogP contribution >= 0.6 is 0 Å². The standard InChI is InChI=1S/C12H8F3N3O2/c13-7-3-6(4-8(14)9(7)15)18-11(5-1-2-5)16-10(17-18)12(19)20/h3-5H,1-2H2,(H,19,20). The lowest BCUT2D eigenvalue weighted by molar-refractivity contribution is 0.0683. The van der Waals surface area contributed by atoms with E-state index in [-0.39, 0.29) is 11.6 Å². The second kappa shape index (κ2) is 4.32. The maximum Gasteiger partial charge on any atom is 0.375 e. The summed E-state index contributed by atoms with van der Waals surface area (Å²) in [4.78, 5) is 14.7. The lowest BCUT2D eigenvalue weighted by atomic mass is 10.2. The summed E-state index contributed by atoms with van der Waals surface area (Å²) >= 11 is 0. The van der Waals surface area contributed by atoms with Gasteiger partial charge in [-0.15, -0.1) is 5.10 Å². The Morgan fingerprint density at radius 3 is 2.35 bits per heavy atom. The zero-order valence-corrected chi connectivity index (χ0v) is 9.98. The molecule has 1 heterocycles. The third-order valence-electron chi connectivity index (χ3n) is 2.98. The molecule has 20 heavy (non-hydrogen) atoms. The molecule has 1 aliphatic carbocycles. The molecular weight excluding hydrogens is 275 g/mol. The molecule has 0 saturated heterocycles. The average molecular weight is 283 g/mol. The highest BCUT2D eigenvalue weighted by Crippen LogP contribution is 2.39. The summed E-state index contributed by atoms with van der Waals surface area (Å²) in [5.74, 6) is -5.80. The number of carboxylic acid groups (broad SMARTS) is 1. The first-order valence-corrected chi connectivity index (χ1v) is 5.82. The SMILES string of the molecule is O=C(O)c1nc(C2CC2)n(-c2cc(F)c(F)c(F)c2)n1. The van der Waals surface area contributed by atoms with Crippen LogP contribution < -0.4 is 0 Å². The fourth-order valence-electron chi connectivity index (χ4n) is 1.87. The molecule has 0 aliphatic heterocycles. The molecular formula is C12H8F3N3O2. The molecule has 0 bridgehead atoms. The summed E-state index contributed by atoms with van der Waals surface area (Å²) in [5.41, 5.74) is -0.0942. The highest BCUT2D eigenvalue weighted by Gasteiger charge is 2.32. The molecule has 1 aliphatic rings. The summed E-state index contributed by atoms with van der Waals surface area (Å²) in [6.07, 6.45) is 1.59. The van der Waals surface area contributed by atoms with Crippen molar-refractivity contribution in [2.24, 2.45) is 0 Å². The van der Waals surface area contributed by atoms with E-state index in [2.05, 4.69) is 10.1 Å². The monoisotopic (exact) mass is 283 g/mol. The van der Waals surface area contributed by atoms with E-state index in [1.165, 1.54) is 0 Å². The van der Waals surface area contributed by atoms with Gasteiger partial charge in [-0.2, -0.15) is 0 Å². The van der Waals surface area contributed by atoms with Crippen molar-refractivity contribution in [3.05, 3.63) is 41.2 Å². The number of rotatable bonds is 3. The first-order chi connectivity index (χ1) is 9.47. The van der Waals surface area contributed by atoms with Crippen molar-refractivity contribution in [2.45, 2.75) is 18.8 Å². The number of aromatic nitrogens is 3. The predicted molar refractivity (Wildman–Crippen MR) is 60.2 cm³/mol. The molecule has 1 N–H and O–H groups in total. The molecule has 1 aromatic heterocycles. The van der Waals surface area contributed by atoms with Crippen LogP contribution in [0.15, 0.2) is 12.1 Å². The van der Waals surface area contributed by atoms with E-state index in [0.29, 0.717) is 5.82 Å². The van der Waals surface area contributed by atoms with Crippen LogP contribution in [0.5, 0.6) is 0 Å². The fraction of sp³-hybridized carbons (Fsp3) is 0.250. The molecule has 0 atom stereocenters. The smallest absolute Gasteiger partial charge is 0.375 e. The Morgan fingerprint density at radius 2 is 1.85 bits per heavy atom. The summed E-state index contributed by atoms with van der Waals surface area (Å²) in [5, 5.41) is 12.6. The highest BCUT2D eigenvalue weighted by atomic mass is 19.2. The summed E-state index contributed by atoms with van der Waals surface area (Å²) in [7, 11) is 0. The Balaban J connectivity index is 2.15. The molecule has 104 valence electrons. The van der Waals surface area contributed by atoms with Crippen molar-refractivity contribution in [3.8, 4) is 5.69 Å². The van der Waals surface area contributed by atoms with E-state index in [9.17, 15) is 18.0 Å². The number of hydrogen-bond donors (Lipinski definition) is 1. The second-order valence-corrected chi connectivity index (χ2v) is 4.51. The Morgan fingerprint density at radius 1 is 1.25 bits per heavy atom. The van der Waals surface area contributed by atoms with Gasteiger partial charge in [0.05, 0.1) is 5.69 Å². The van der Waals surface area contributed by atoms with Gasteiger partial charge in [-0.05, 0) is 12.8 Å². The van der Waals surface area contributed by atoms with Crippen molar-refractivity contribution in [1.29, 1.82) is 0 Å². The fourth-order valence-corrected chi connectivity index (χ4v) is 1.87. The van der Waals surface area contributed by atoms with E-state index in [1.54, 1.807) is 0 Å². The van der Waals surface area contributed by atoms with Gasteiger partial charge in [-0.25, -0.2) is 27.6 Å². The lowest BCUT2D eigenvalue weighted by Gasteiger charge is -2.06. The van der Waals surface area contributed by atoms with E-state index in [0.717, 1.165) is 29.7 Å². The molecule has 2 aromatic rings. The number of nitrogens with zero attached hydrogens (tertiary/aromatic N) is 3. The van der Waals surface area contributed by atoms with Crippen molar-refractivity contribution >= 4 is 5.97 Å². The Kier molecular flexibility index (Phi) is 2.73. The van der Waals surface area contributed by atoms with Crippen LogP contribution in [0.4, 0.5) is 13.2 Å². The van der Waals surface area contributed by atoms with Gasteiger partial charge in [0.1, 0.15) is 5.82 Å². The van der Waals surface area contributed by atoms with Crippen LogP contribution in [0.25, 0.3) is 5.69 Å². The van der Waals surface area contributed by atoms with E-state index in [1.807, 2.05) is 0 Å². The second-order valence-electron chi connectivity index (χ2n) is 4.51. The maximum absolute atomic E-state index is 13.2. The number of hydrogen-bond acceptors (Lipinski definition) is 3. The van der Waals surface area contributed by atoms with Crippen molar-refractivity contribution in [1.82, 2.24) is 14.8 Å². The first-order valence-electron chi connectivity index (χ1n) is 5.82. The Labute approximate surface area is 110 Å². The summed E-state index contributed by atoms with van der Waals surface area (Å²) in [6.45, 7) is 0. The van der Waals surface area contributed by atoms with Gasteiger partial charge >= 0.3 is 5.97 Å². The van der Waals surface area contributed by atoms with Crippen LogP contribution in [-0.4, -0.2) is 25.8 Å². The molecule has 3 rings (SSSR count). The predicted octanol–water partition coefficient (Wildman–Crippen LogP) is 2.26. The first kappa shape index (κ1) is 12.6. The van der Waals surface area contributed by atoms with Gasteiger partial charge in [0.2, 0.25) is 0 Å². The van der Waals surface area contributed by atoms with Crippen molar-refractivity contribution < 1.29 is 23.1 Å². The Hall–Kier alpha value is -2.38. The van der Waals surface area contributed by atoms with Crippen LogP contribution in [0.1, 0.15) is 35.2 Å². The molecule has 1 aromatic carbocycles. The number of aromatic carboxylic acids is 1. The molecule has 0 radical (unpaired) electrons. The normalized spacial score (nSPS) is 14.6. The van der Waals surface area contributed by atoms with Gasteiger partial charge < -0.3 is 5.11 Å². The Bertz CT molecular complexity index is 687. The molecule has 1 saturated carbocycles. The van der Waals surface area contributed by atoms with Crippen molar-refractivity contribution in [2.75, 3.05) is 0 Å². The lowest BCUT2D eigenvalue weighted by Crippen LogP contribution is -2.05.